The maximum Gasteiger partial charge on any atom is 0.239 e. The van der Waals surface area contributed by atoms with E-state index >= 15 is 0 Å². The summed E-state index contributed by atoms with van der Waals surface area (Å²) in [5.74, 6) is 0.102. The topological polar surface area (TPSA) is 65.4 Å². The van der Waals surface area contributed by atoms with E-state index in [1.54, 1.807) is 0 Å². The van der Waals surface area contributed by atoms with Crippen LogP contribution >= 0.6 is 0 Å². The Morgan fingerprint density at radius 3 is 2.64 bits per heavy atom. The van der Waals surface area contributed by atoms with Crippen LogP contribution < -0.4 is 5.73 Å². The van der Waals surface area contributed by atoms with Gasteiger partial charge in [0.25, 0.3) is 0 Å². The predicted octanol–water partition coefficient (Wildman–Crippen LogP) is 2.12. The van der Waals surface area contributed by atoms with Crippen LogP contribution in [0.2, 0.25) is 0 Å². The highest BCUT2D eigenvalue weighted by atomic mass is 16.2. The van der Waals surface area contributed by atoms with E-state index in [-0.39, 0.29) is 5.91 Å². The number of H-pyrrole nitrogens is 1. The molecule has 0 aliphatic carbocycles. The lowest BCUT2D eigenvalue weighted by molar-refractivity contribution is -0.134. The molecule has 25 heavy (non-hydrogen) atoms. The zero-order valence-electron chi connectivity index (χ0n) is 14.8. The molecule has 0 saturated carbocycles. The number of hydrogen-bond acceptors (Lipinski definition) is 3. The minimum Gasteiger partial charge on any atom is -0.361 e. The van der Waals surface area contributed by atoms with E-state index in [4.69, 9.17) is 5.73 Å². The lowest BCUT2D eigenvalue weighted by Crippen LogP contribution is -2.51. The highest BCUT2D eigenvalue weighted by Crippen LogP contribution is 2.22. The van der Waals surface area contributed by atoms with Crippen LogP contribution in [-0.4, -0.2) is 59.0 Å². The molecule has 0 unspecified atom stereocenters. The third-order valence-electron chi connectivity index (χ3n) is 5.87. The number of amides is 1. The first-order valence-corrected chi connectivity index (χ1v) is 9.56. The molecule has 2 fully saturated rings. The summed E-state index contributed by atoms with van der Waals surface area (Å²) in [6.07, 6.45) is 7.41. The number of benzene rings is 1. The molecule has 1 atom stereocenters. The Morgan fingerprint density at radius 2 is 1.88 bits per heavy atom. The van der Waals surface area contributed by atoms with Gasteiger partial charge < -0.3 is 20.5 Å². The third-order valence-corrected chi connectivity index (χ3v) is 5.87. The molecule has 3 heterocycles. The highest BCUT2D eigenvalue weighted by Gasteiger charge is 2.30. The van der Waals surface area contributed by atoms with E-state index in [1.165, 1.54) is 31.3 Å². The standard InChI is InChI=1S/C20H28N4O/c21-18(13-15-14-22-19-6-2-1-5-17(15)19)20(25)24-11-7-16(8-12-24)23-9-3-4-10-23/h1-2,5-6,14,16,18,22H,3-4,7-13,21H2/t18-/m0/s1. The molecule has 5 nitrogen and oxygen atoms in total. The Labute approximate surface area is 149 Å². The number of hydrogen-bond donors (Lipinski definition) is 2. The van der Waals surface area contributed by atoms with Crippen molar-refractivity contribution in [3.63, 3.8) is 0 Å². The van der Waals surface area contributed by atoms with Crippen molar-refractivity contribution >= 4 is 16.8 Å². The average Bonchev–Trinajstić information content (AvgIpc) is 3.32. The first-order valence-electron chi connectivity index (χ1n) is 9.56. The highest BCUT2D eigenvalue weighted by molar-refractivity contribution is 5.86. The second-order valence-electron chi connectivity index (χ2n) is 7.47. The van der Waals surface area contributed by atoms with Gasteiger partial charge in [-0.2, -0.15) is 0 Å². The minimum atomic E-state index is -0.456. The van der Waals surface area contributed by atoms with Gasteiger partial charge >= 0.3 is 0 Å². The summed E-state index contributed by atoms with van der Waals surface area (Å²) in [6, 6.07) is 8.38. The predicted molar refractivity (Wildman–Crippen MR) is 100 cm³/mol. The largest absolute Gasteiger partial charge is 0.361 e. The first kappa shape index (κ1) is 16.6. The van der Waals surface area contributed by atoms with E-state index < -0.39 is 6.04 Å². The Bertz CT molecular complexity index is 726. The summed E-state index contributed by atoms with van der Waals surface area (Å²) in [5, 5.41) is 1.17. The Balaban J connectivity index is 1.34. The van der Waals surface area contributed by atoms with Gasteiger partial charge in [0.2, 0.25) is 5.91 Å². The molecule has 4 rings (SSSR count). The molecule has 1 aromatic carbocycles. The number of carbonyl (C=O) groups excluding carboxylic acids is 1. The van der Waals surface area contributed by atoms with Crippen molar-refractivity contribution in [3.05, 3.63) is 36.0 Å². The molecular weight excluding hydrogens is 312 g/mol. The van der Waals surface area contributed by atoms with E-state index in [2.05, 4.69) is 22.0 Å². The van der Waals surface area contributed by atoms with Gasteiger partial charge in [0.05, 0.1) is 6.04 Å². The summed E-state index contributed by atoms with van der Waals surface area (Å²) < 4.78 is 0. The van der Waals surface area contributed by atoms with Crippen molar-refractivity contribution in [1.29, 1.82) is 0 Å². The van der Waals surface area contributed by atoms with Crippen molar-refractivity contribution in [1.82, 2.24) is 14.8 Å². The molecule has 3 N–H and O–H groups in total. The fourth-order valence-electron chi connectivity index (χ4n) is 4.42. The van der Waals surface area contributed by atoms with Gasteiger partial charge in [0.1, 0.15) is 0 Å². The molecule has 2 aromatic rings. The fraction of sp³-hybridized carbons (Fsp3) is 0.550. The second-order valence-corrected chi connectivity index (χ2v) is 7.47. The van der Waals surface area contributed by atoms with Crippen LogP contribution in [0.15, 0.2) is 30.5 Å². The lowest BCUT2D eigenvalue weighted by atomic mass is 10.0. The van der Waals surface area contributed by atoms with Crippen LogP contribution in [0.25, 0.3) is 10.9 Å². The zero-order chi connectivity index (χ0) is 17.2. The van der Waals surface area contributed by atoms with Crippen molar-refractivity contribution in [2.45, 2.75) is 44.2 Å². The van der Waals surface area contributed by atoms with Gasteiger partial charge in [-0.25, -0.2) is 0 Å². The van der Waals surface area contributed by atoms with Gasteiger partial charge in [-0.3, -0.25) is 4.79 Å². The molecule has 0 spiro atoms. The Hall–Kier alpha value is -1.85. The van der Waals surface area contributed by atoms with Crippen molar-refractivity contribution in [2.75, 3.05) is 26.2 Å². The summed E-state index contributed by atoms with van der Waals surface area (Å²) in [7, 11) is 0. The van der Waals surface area contributed by atoms with Gasteiger partial charge in [0, 0.05) is 36.2 Å². The Kier molecular flexibility index (Phi) is 4.77. The summed E-state index contributed by atoms with van der Waals surface area (Å²) in [4.78, 5) is 20.6. The molecule has 0 bridgehead atoms. The number of fused-ring (bicyclic) bond motifs is 1. The maximum absolute atomic E-state index is 12.8. The second kappa shape index (κ2) is 7.18. The van der Waals surface area contributed by atoms with Crippen LogP contribution in [0, 0.1) is 0 Å². The number of para-hydroxylation sites is 1. The summed E-state index contributed by atoms with van der Waals surface area (Å²) >= 11 is 0. The number of likely N-dealkylation sites (tertiary alicyclic amines) is 2. The number of aromatic amines is 1. The number of piperidine rings is 1. The molecule has 1 aromatic heterocycles. The van der Waals surface area contributed by atoms with Crippen LogP contribution in [0.5, 0.6) is 0 Å². The third kappa shape index (κ3) is 3.44. The SMILES string of the molecule is N[C@@H](Cc1c[nH]c2ccccc12)C(=O)N1CCC(N2CCCC2)CC1. The molecule has 2 saturated heterocycles. The normalized spacial score (nSPS) is 21.1. The lowest BCUT2D eigenvalue weighted by Gasteiger charge is -2.37. The van der Waals surface area contributed by atoms with E-state index in [1.807, 2.05) is 23.2 Å². The molecular formula is C20H28N4O. The van der Waals surface area contributed by atoms with Crippen molar-refractivity contribution in [2.24, 2.45) is 5.73 Å². The van der Waals surface area contributed by atoms with E-state index in [9.17, 15) is 4.79 Å². The number of aromatic nitrogens is 1. The van der Waals surface area contributed by atoms with Crippen LogP contribution in [0.3, 0.4) is 0 Å². The smallest absolute Gasteiger partial charge is 0.239 e. The van der Waals surface area contributed by atoms with Crippen LogP contribution in [0.1, 0.15) is 31.2 Å². The summed E-state index contributed by atoms with van der Waals surface area (Å²) in [5.41, 5.74) is 8.50. The average molecular weight is 340 g/mol. The summed E-state index contributed by atoms with van der Waals surface area (Å²) in [6.45, 7) is 4.17. The first-order chi connectivity index (χ1) is 12.2. The van der Waals surface area contributed by atoms with Gasteiger partial charge in [-0.1, -0.05) is 18.2 Å². The van der Waals surface area contributed by atoms with Crippen molar-refractivity contribution < 1.29 is 4.79 Å². The number of nitrogens with zero attached hydrogens (tertiary/aromatic N) is 2. The number of nitrogens with two attached hydrogens (primary N) is 1. The van der Waals surface area contributed by atoms with Gasteiger partial charge in [0.15, 0.2) is 0 Å². The number of nitrogens with one attached hydrogen (secondary N) is 1. The fourth-order valence-corrected chi connectivity index (χ4v) is 4.42. The quantitative estimate of drug-likeness (QED) is 0.896. The van der Waals surface area contributed by atoms with Gasteiger partial charge in [-0.15, -0.1) is 0 Å². The number of rotatable bonds is 4. The molecule has 134 valence electrons. The van der Waals surface area contributed by atoms with E-state index in [0.29, 0.717) is 12.5 Å². The Morgan fingerprint density at radius 1 is 1.16 bits per heavy atom. The maximum atomic E-state index is 12.8. The van der Waals surface area contributed by atoms with E-state index in [0.717, 1.165) is 37.0 Å². The van der Waals surface area contributed by atoms with Crippen molar-refractivity contribution in [3.8, 4) is 0 Å². The zero-order valence-corrected chi connectivity index (χ0v) is 14.8. The minimum absolute atomic E-state index is 0.102. The molecule has 2 aliphatic rings. The monoisotopic (exact) mass is 340 g/mol. The van der Waals surface area contributed by atoms with Crippen LogP contribution in [-0.2, 0) is 11.2 Å². The number of carbonyl (C=O) groups is 1. The molecule has 2 aliphatic heterocycles. The van der Waals surface area contributed by atoms with Gasteiger partial charge in [-0.05, 0) is 56.8 Å². The molecule has 5 heteroatoms. The molecule has 0 radical (unpaired) electrons. The van der Waals surface area contributed by atoms with Crippen LogP contribution in [0.4, 0.5) is 0 Å². The molecule has 1 amide bonds.